The number of carbonyl (C=O) groups excluding carboxylic acids is 1. The fraction of sp³-hybridized carbons (Fsp3) is 0.364. The Hall–Kier alpha value is -0.690. The molecule has 2 N–H and O–H groups in total. The Balaban J connectivity index is 1.83. The minimum absolute atomic E-state index is 0.0144. The predicted molar refractivity (Wildman–Crippen MR) is 77.6 cm³/mol. The van der Waals surface area contributed by atoms with Gasteiger partial charge >= 0.3 is 6.03 Å². The van der Waals surface area contributed by atoms with E-state index in [4.69, 9.17) is 11.6 Å². The van der Waals surface area contributed by atoms with Crippen LogP contribution in [0.3, 0.4) is 0 Å². The third-order valence-corrected chi connectivity index (χ3v) is 3.56. The van der Waals surface area contributed by atoms with Gasteiger partial charge in [-0.1, -0.05) is 11.6 Å². The number of anilines is 1. The summed E-state index contributed by atoms with van der Waals surface area (Å²) in [6.45, 7) is 2.91. The monoisotopic (exact) mass is 365 g/mol. The van der Waals surface area contributed by atoms with Gasteiger partial charge in [-0.15, -0.1) is 0 Å². The Morgan fingerprint density at radius 1 is 1.53 bits per heavy atom. The predicted octanol–water partition coefficient (Wildman–Crippen LogP) is 2.38. The second-order valence-corrected chi connectivity index (χ2v) is 5.42. The van der Waals surface area contributed by atoms with E-state index in [0.717, 1.165) is 22.3 Å². The van der Waals surface area contributed by atoms with Gasteiger partial charge < -0.3 is 15.5 Å². The van der Waals surface area contributed by atoms with Crippen molar-refractivity contribution in [2.24, 2.45) is 0 Å². The quantitative estimate of drug-likeness (QED) is 0.805. The van der Waals surface area contributed by atoms with Gasteiger partial charge in [0.25, 0.3) is 0 Å². The zero-order valence-corrected chi connectivity index (χ0v) is 12.1. The summed E-state index contributed by atoms with van der Waals surface area (Å²) in [5.74, 6) is 0. The first-order valence-corrected chi connectivity index (χ1v) is 6.84. The normalized spacial score (nSPS) is 14.9. The van der Waals surface area contributed by atoms with Crippen molar-refractivity contribution in [1.29, 1.82) is 0 Å². The lowest BCUT2D eigenvalue weighted by Crippen LogP contribution is -2.32. The number of hydrogen-bond donors (Lipinski definition) is 2. The second-order valence-electron chi connectivity index (χ2n) is 3.77. The summed E-state index contributed by atoms with van der Waals surface area (Å²) < 4.78 is 1.11. The minimum atomic E-state index is 0.0144. The molecule has 0 unspecified atom stereocenters. The van der Waals surface area contributed by atoms with Crippen molar-refractivity contribution in [3.05, 3.63) is 26.8 Å². The Bertz CT molecular complexity index is 427. The molecule has 0 saturated carbocycles. The molecule has 1 aromatic carbocycles. The number of carbonyl (C=O) groups is 1. The largest absolute Gasteiger partial charge is 0.382 e. The third kappa shape index (κ3) is 3.38. The lowest BCUT2D eigenvalue weighted by atomic mass is 10.3. The highest BCUT2D eigenvalue weighted by molar-refractivity contribution is 14.1. The van der Waals surface area contributed by atoms with E-state index >= 15 is 0 Å². The number of rotatable bonds is 4. The van der Waals surface area contributed by atoms with Gasteiger partial charge in [-0.05, 0) is 40.8 Å². The van der Waals surface area contributed by atoms with Crippen molar-refractivity contribution in [3.8, 4) is 0 Å². The van der Waals surface area contributed by atoms with Crippen LogP contribution >= 0.6 is 34.2 Å². The average Bonchev–Trinajstić information content (AvgIpc) is 2.68. The van der Waals surface area contributed by atoms with Crippen LogP contribution in [0, 0.1) is 3.57 Å². The Morgan fingerprint density at radius 2 is 2.35 bits per heavy atom. The molecule has 4 nitrogen and oxygen atoms in total. The molecule has 1 aliphatic rings. The van der Waals surface area contributed by atoms with Gasteiger partial charge in [0.2, 0.25) is 0 Å². The van der Waals surface area contributed by atoms with Crippen LogP contribution in [-0.2, 0) is 0 Å². The summed E-state index contributed by atoms with van der Waals surface area (Å²) in [7, 11) is 0. The molecule has 1 saturated heterocycles. The molecule has 0 aliphatic carbocycles. The van der Waals surface area contributed by atoms with E-state index in [9.17, 15) is 4.79 Å². The van der Waals surface area contributed by atoms with Crippen LogP contribution < -0.4 is 10.6 Å². The van der Waals surface area contributed by atoms with E-state index < -0.39 is 0 Å². The summed E-state index contributed by atoms with van der Waals surface area (Å²) in [6.07, 6.45) is 0. The first-order valence-electron chi connectivity index (χ1n) is 5.38. The molecular formula is C11H13ClIN3O. The fourth-order valence-corrected chi connectivity index (χ4v) is 2.61. The molecule has 0 spiro atoms. The Morgan fingerprint density at radius 3 is 3.00 bits per heavy atom. The van der Waals surface area contributed by atoms with Gasteiger partial charge in [0, 0.05) is 29.7 Å². The number of urea groups is 1. The minimum Gasteiger partial charge on any atom is -0.382 e. The summed E-state index contributed by atoms with van der Waals surface area (Å²) >= 11 is 8.31. The molecular weight excluding hydrogens is 352 g/mol. The highest BCUT2D eigenvalue weighted by atomic mass is 127. The second kappa shape index (κ2) is 5.77. The van der Waals surface area contributed by atoms with E-state index in [1.165, 1.54) is 0 Å². The molecule has 1 fully saturated rings. The van der Waals surface area contributed by atoms with Crippen LogP contribution in [0.1, 0.15) is 0 Å². The average molecular weight is 366 g/mol. The number of nitrogens with one attached hydrogen (secondary N) is 2. The molecule has 17 heavy (non-hydrogen) atoms. The molecule has 1 aromatic rings. The zero-order chi connectivity index (χ0) is 12.3. The van der Waals surface area contributed by atoms with Crippen molar-refractivity contribution in [3.63, 3.8) is 0 Å². The number of nitrogens with zero attached hydrogens (tertiary/aromatic N) is 1. The van der Waals surface area contributed by atoms with Crippen molar-refractivity contribution in [2.45, 2.75) is 0 Å². The van der Waals surface area contributed by atoms with Crippen molar-refractivity contribution < 1.29 is 4.79 Å². The van der Waals surface area contributed by atoms with Crippen molar-refractivity contribution >= 4 is 45.9 Å². The Labute approximate surface area is 119 Å². The van der Waals surface area contributed by atoms with Gasteiger partial charge in [0.15, 0.2) is 0 Å². The maximum atomic E-state index is 11.3. The van der Waals surface area contributed by atoms with Gasteiger partial charge in [-0.3, -0.25) is 0 Å². The molecule has 6 heteroatoms. The topological polar surface area (TPSA) is 44.4 Å². The number of benzene rings is 1. The van der Waals surface area contributed by atoms with Crippen LogP contribution in [-0.4, -0.2) is 37.1 Å². The lowest BCUT2D eigenvalue weighted by molar-refractivity contribution is 0.219. The molecule has 1 heterocycles. The van der Waals surface area contributed by atoms with Crippen LogP contribution in [0.25, 0.3) is 0 Å². The van der Waals surface area contributed by atoms with Gasteiger partial charge in [-0.25, -0.2) is 4.79 Å². The standard InChI is InChI=1S/C11H13ClIN3O/c12-9-7-8(13)1-2-10(9)14-3-5-16-6-4-15-11(16)17/h1-2,7,14H,3-6H2,(H,15,17). The molecule has 1 aliphatic heterocycles. The summed E-state index contributed by atoms with van der Waals surface area (Å²) in [5.41, 5.74) is 0.909. The zero-order valence-electron chi connectivity index (χ0n) is 9.17. The fourth-order valence-electron chi connectivity index (χ4n) is 1.68. The van der Waals surface area contributed by atoms with Crippen LogP contribution in [0.15, 0.2) is 18.2 Å². The highest BCUT2D eigenvalue weighted by Gasteiger charge is 2.18. The number of hydrogen-bond acceptors (Lipinski definition) is 2. The van der Waals surface area contributed by atoms with Crippen LogP contribution in [0.2, 0.25) is 5.02 Å². The third-order valence-electron chi connectivity index (χ3n) is 2.57. The smallest absolute Gasteiger partial charge is 0.317 e. The van der Waals surface area contributed by atoms with Gasteiger partial charge in [0.05, 0.1) is 10.7 Å². The van der Waals surface area contributed by atoms with E-state index in [1.807, 2.05) is 18.2 Å². The maximum absolute atomic E-state index is 11.3. The maximum Gasteiger partial charge on any atom is 0.317 e. The van der Waals surface area contributed by atoms with Gasteiger partial charge in [-0.2, -0.15) is 0 Å². The first-order chi connectivity index (χ1) is 8.16. The molecule has 92 valence electrons. The summed E-state index contributed by atoms with van der Waals surface area (Å²) in [4.78, 5) is 13.1. The lowest BCUT2D eigenvalue weighted by Gasteiger charge is -2.15. The molecule has 2 amide bonds. The van der Waals surface area contributed by atoms with Crippen LogP contribution in [0.4, 0.5) is 10.5 Å². The van der Waals surface area contributed by atoms with Crippen LogP contribution in [0.5, 0.6) is 0 Å². The van der Waals surface area contributed by atoms with Crippen molar-refractivity contribution in [2.75, 3.05) is 31.5 Å². The van der Waals surface area contributed by atoms with E-state index in [1.54, 1.807) is 4.90 Å². The van der Waals surface area contributed by atoms with E-state index in [2.05, 4.69) is 33.2 Å². The number of amides is 2. The number of halogens is 2. The summed E-state index contributed by atoms with van der Waals surface area (Å²) in [6, 6.07) is 5.87. The molecule has 0 bridgehead atoms. The van der Waals surface area contributed by atoms with Crippen molar-refractivity contribution in [1.82, 2.24) is 10.2 Å². The summed E-state index contributed by atoms with van der Waals surface area (Å²) in [5, 5.41) is 6.71. The van der Waals surface area contributed by atoms with Gasteiger partial charge in [0.1, 0.15) is 0 Å². The molecule has 0 aromatic heterocycles. The highest BCUT2D eigenvalue weighted by Crippen LogP contribution is 2.23. The molecule has 0 radical (unpaired) electrons. The Kier molecular flexibility index (Phi) is 4.33. The first kappa shape index (κ1) is 12.8. The SMILES string of the molecule is O=C1NCCN1CCNc1ccc(I)cc1Cl. The van der Waals surface area contributed by atoms with E-state index in [-0.39, 0.29) is 6.03 Å². The van der Waals surface area contributed by atoms with E-state index in [0.29, 0.717) is 18.1 Å². The molecule has 2 rings (SSSR count). The molecule has 0 atom stereocenters.